The van der Waals surface area contributed by atoms with Crippen LogP contribution in [0, 0.1) is 17.6 Å². The van der Waals surface area contributed by atoms with E-state index >= 15 is 0 Å². The molecule has 2 aliphatic heterocycles. The Morgan fingerprint density at radius 2 is 1.89 bits per heavy atom. The number of aliphatic hydroxyl groups is 1. The van der Waals surface area contributed by atoms with E-state index in [1.807, 2.05) is 9.80 Å². The number of β-amino-alcohol motifs (C(OH)–C–C–N with tert-alkyl or cyclic N) is 1. The average molecular weight is 396 g/mol. The van der Waals surface area contributed by atoms with Crippen molar-refractivity contribution in [2.75, 3.05) is 57.3 Å². The Morgan fingerprint density at radius 3 is 2.54 bits per heavy atom. The fourth-order valence-corrected chi connectivity index (χ4v) is 3.92. The van der Waals surface area contributed by atoms with E-state index in [0.717, 1.165) is 32.1 Å². The van der Waals surface area contributed by atoms with Gasteiger partial charge in [-0.25, -0.2) is 13.6 Å². The molecule has 0 aliphatic carbocycles. The van der Waals surface area contributed by atoms with Crippen LogP contribution in [0.25, 0.3) is 0 Å². The molecule has 2 aliphatic rings. The average Bonchev–Trinajstić information content (AvgIpc) is 3.10. The second-order valence-electron chi connectivity index (χ2n) is 8.46. The molecule has 0 radical (unpaired) electrons. The maximum absolute atomic E-state index is 13.4. The lowest BCUT2D eigenvalue weighted by atomic mass is 10.1. The van der Waals surface area contributed by atoms with E-state index in [0.29, 0.717) is 38.4 Å². The van der Waals surface area contributed by atoms with Gasteiger partial charge in [0.05, 0.1) is 5.60 Å². The highest BCUT2D eigenvalue weighted by Gasteiger charge is 2.27. The lowest BCUT2D eigenvalue weighted by Gasteiger charge is -2.37. The van der Waals surface area contributed by atoms with Crippen molar-refractivity contribution in [3.05, 3.63) is 29.8 Å². The first-order chi connectivity index (χ1) is 13.2. The number of nitrogens with zero attached hydrogens (tertiary/aromatic N) is 3. The van der Waals surface area contributed by atoms with Gasteiger partial charge in [-0.05, 0) is 38.3 Å². The lowest BCUT2D eigenvalue weighted by Crippen LogP contribution is -2.54. The van der Waals surface area contributed by atoms with Gasteiger partial charge in [-0.3, -0.25) is 4.90 Å². The molecule has 0 aromatic heterocycles. The van der Waals surface area contributed by atoms with Gasteiger partial charge >= 0.3 is 6.03 Å². The summed E-state index contributed by atoms with van der Waals surface area (Å²) >= 11 is 0. The smallest absolute Gasteiger partial charge is 0.317 e. The number of amides is 2. The Hall–Kier alpha value is -1.93. The normalized spacial score (nSPS) is 21.2. The first kappa shape index (κ1) is 20.8. The predicted octanol–water partition coefficient (Wildman–Crippen LogP) is 1.89. The first-order valence-corrected chi connectivity index (χ1v) is 9.89. The highest BCUT2D eigenvalue weighted by atomic mass is 19.2. The molecule has 156 valence electrons. The third-order valence-corrected chi connectivity index (χ3v) is 5.37. The number of hydrogen-bond acceptors (Lipinski definition) is 4. The summed E-state index contributed by atoms with van der Waals surface area (Å²) in [5.74, 6) is -1.39. The number of carbonyl (C=O) groups is 1. The van der Waals surface area contributed by atoms with Crippen molar-refractivity contribution in [1.29, 1.82) is 0 Å². The van der Waals surface area contributed by atoms with Crippen LogP contribution >= 0.6 is 0 Å². The van der Waals surface area contributed by atoms with Crippen LogP contribution in [0.4, 0.5) is 19.3 Å². The van der Waals surface area contributed by atoms with Gasteiger partial charge in [-0.2, -0.15) is 0 Å². The second-order valence-corrected chi connectivity index (χ2v) is 8.46. The van der Waals surface area contributed by atoms with Crippen LogP contribution in [-0.2, 0) is 0 Å². The lowest BCUT2D eigenvalue weighted by molar-refractivity contribution is 0.0224. The van der Waals surface area contributed by atoms with Crippen LogP contribution in [0.1, 0.15) is 20.3 Å². The molecule has 1 aromatic rings. The molecule has 2 fully saturated rings. The first-order valence-electron chi connectivity index (χ1n) is 9.89. The molecule has 8 heteroatoms. The molecule has 1 aromatic carbocycles. The van der Waals surface area contributed by atoms with Gasteiger partial charge in [0.1, 0.15) is 0 Å². The summed E-state index contributed by atoms with van der Waals surface area (Å²) in [5, 5.41) is 12.9. The van der Waals surface area contributed by atoms with E-state index in [4.69, 9.17) is 0 Å². The topological polar surface area (TPSA) is 59.1 Å². The van der Waals surface area contributed by atoms with E-state index in [1.54, 1.807) is 19.9 Å². The molecular weight excluding hydrogens is 366 g/mol. The van der Waals surface area contributed by atoms with Gasteiger partial charge in [0.25, 0.3) is 0 Å². The van der Waals surface area contributed by atoms with Crippen molar-refractivity contribution >= 4 is 11.7 Å². The number of nitrogens with one attached hydrogen (secondary N) is 1. The van der Waals surface area contributed by atoms with Crippen LogP contribution in [0.15, 0.2) is 18.2 Å². The molecule has 28 heavy (non-hydrogen) atoms. The minimum atomic E-state index is -0.839. The van der Waals surface area contributed by atoms with E-state index in [1.165, 1.54) is 6.07 Å². The Labute approximate surface area is 165 Å². The summed E-state index contributed by atoms with van der Waals surface area (Å²) in [6.45, 7) is 9.03. The molecule has 0 bridgehead atoms. The summed E-state index contributed by atoms with van der Waals surface area (Å²) < 4.78 is 26.5. The molecule has 2 N–H and O–H groups in total. The Kier molecular flexibility index (Phi) is 6.40. The fourth-order valence-electron chi connectivity index (χ4n) is 3.92. The van der Waals surface area contributed by atoms with Gasteiger partial charge in [0.2, 0.25) is 0 Å². The molecule has 1 atom stereocenters. The van der Waals surface area contributed by atoms with E-state index < -0.39 is 17.2 Å². The zero-order valence-electron chi connectivity index (χ0n) is 16.6. The molecule has 6 nitrogen and oxygen atoms in total. The summed E-state index contributed by atoms with van der Waals surface area (Å²) in [4.78, 5) is 18.4. The fraction of sp³-hybridized carbons (Fsp3) is 0.650. The largest absolute Gasteiger partial charge is 0.389 e. The maximum Gasteiger partial charge on any atom is 0.317 e. The van der Waals surface area contributed by atoms with Gasteiger partial charge in [-0.15, -0.1) is 0 Å². The van der Waals surface area contributed by atoms with Crippen LogP contribution in [0.5, 0.6) is 0 Å². The van der Waals surface area contributed by atoms with Gasteiger partial charge in [0, 0.05) is 64.1 Å². The quantitative estimate of drug-likeness (QED) is 0.798. The van der Waals surface area contributed by atoms with Crippen molar-refractivity contribution in [1.82, 2.24) is 15.1 Å². The minimum absolute atomic E-state index is 0.0609. The van der Waals surface area contributed by atoms with Crippen molar-refractivity contribution in [2.45, 2.75) is 25.9 Å². The zero-order chi connectivity index (χ0) is 20.3. The summed E-state index contributed by atoms with van der Waals surface area (Å²) in [6, 6.07) is 3.90. The van der Waals surface area contributed by atoms with E-state index in [2.05, 4.69) is 10.2 Å². The molecule has 2 heterocycles. The standard InChI is InChI=1S/C20H30F2N4O2/c1-20(2,28)14-24-7-9-25(10-8-24)19(27)23-12-15-5-6-26(13-15)16-3-4-17(21)18(22)11-16/h3-4,11,15,28H,5-10,12-14H2,1-2H3,(H,23,27). The van der Waals surface area contributed by atoms with Crippen LogP contribution < -0.4 is 10.2 Å². The van der Waals surface area contributed by atoms with Crippen LogP contribution in [0.2, 0.25) is 0 Å². The molecule has 0 spiro atoms. The molecule has 3 rings (SSSR count). The number of benzene rings is 1. The number of carbonyl (C=O) groups excluding carboxylic acids is 1. The second kappa shape index (κ2) is 8.61. The van der Waals surface area contributed by atoms with Crippen molar-refractivity contribution in [2.24, 2.45) is 5.92 Å². The zero-order valence-corrected chi connectivity index (χ0v) is 16.6. The summed E-state index contributed by atoms with van der Waals surface area (Å²) in [6.07, 6.45) is 0.901. The van der Waals surface area contributed by atoms with Gasteiger partial charge < -0.3 is 20.2 Å². The number of hydrogen-bond donors (Lipinski definition) is 2. The summed E-state index contributed by atoms with van der Waals surface area (Å²) in [7, 11) is 0. The SMILES string of the molecule is CC(C)(O)CN1CCN(C(=O)NCC2CCN(c3ccc(F)c(F)c3)C2)CC1. The molecule has 2 saturated heterocycles. The van der Waals surface area contributed by atoms with Crippen molar-refractivity contribution in [3.8, 4) is 0 Å². The molecule has 0 saturated carbocycles. The number of rotatable bonds is 5. The van der Waals surface area contributed by atoms with Crippen molar-refractivity contribution < 1.29 is 18.7 Å². The third-order valence-electron chi connectivity index (χ3n) is 5.37. The maximum atomic E-state index is 13.4. The Morgan fingerprint density at radius 1 is 1.18 bits per heavy atom. The number of anilines is 1. The van der Waals surface area contributed by atoms with E-state index in [-0.39, 0.29) is 11.9 Å². The molecule has 1 unspecified atom stereocenters. The molecule has 2 amide bonds. The highest BCUT2D eigenvalue weighted by molar-refractivity contribution is 5.74. The van der Waals surface area contributed by atoms with E-state index in [9.17, 15) is 18.7 Å². The van der Waals surface area contributed by atoms with Crippen LogP contribution in [0.3, 0.4) is 0 Å². The molecular formula is C20H30F2N4O2. The monoisotopic (exact) mass is 396 g/mol. The number of urea groups is 1. The third kappa shape index (κ3) is 5.54. The van der Waals surface area contributed by atoms with Crippen LogP contribution in [-0.4, -0.2) is 78.9 Å². The van der Waals surface area contributed by atoms with Crippen molar-refractivity contribution in [3.63, 3.8) is 0 Å². The van der Waals surface area contributed by atoms with Gasteiger partial charge in [0.15, 0.2) is 11.6 Å². The predicted molar refractivity (Wildman–Crippen MR) is 104 cm³/mol. The number of piperazine rings is 1. The van der Waals surface area contributed by atoms with Gasteiger partial charge in [-0.1, -0.05) is 0 Å². The Balaban J connectivity index is 1.40. The Bertz CT molecular complexity index is 687. The minimum Gasteiger partial charge on any atom is -0.389 e. The highest BCUT2D eigenvalue weighted by Crippen LogP contribution is 2.25. The number of halogens is 2. The summed E-state index contributed by atoms with van der Waals surface area (Å²) in [5.41, 5.74) is -0.0534.